The van der Waals surface area contributed by atoms with Gasteiger partial charge in [0.15, 0.2) is 0 Å². The molecule has 0 fully saturated rings. The Balaban J connectivity index is 2.47. The fourth-order valence-corrected chi connectivity index (χ4v) is 2.42. The topological polar surface area (TPSA) is 67.4 Å². The highest BCUT2D eigenvalue weighted by molar-refractivity contribution is 8.00. The number of hydrogen-bond donors (Lipinski definition) is 2. The highest BCUT2D eigenvalue weighted by atomic mass is 32.2. The van der Waals surface area contributed by atoms with E-state index in [1.807, 2.05) is 6.07 Å². The van der Waals surface area contributed by atoms with Gasteiger partial charge in [0.25, 0.3) is 0 Å². The van der Waals surface area contributed by atoms with Crippen LogP contribution in [0.3, 0.4) is 0 Å². The zero-order valence-electron chi connectivity index (χ0n) is 9.49. The number of thioether (sulfide) groups is 1. The van der Waals surface area contributed by atoms with E-state index in [2.05, 4.69) is 10.6 Å². The van der Waals surface area contributed by atoms with Gasteiger partial charge >= 0.3 is 0 Å². The molecule has 0 aliphatic carbocycles. The Morgan fingerprint density at radius 3 is 2.94 bits per heavy atom. The number of methoxy groups -OCH3 is 1. The number of rotatable bonds is 2. The van der Waals surface area contributed by atoms with Gasteiger partial charge in [0.2, 0.25) is 11.8 Å². The normalized spacial score (nSPS) is 13.6. The second-order valence-electron chi connectivity index (χ2n) is 3.57. The van der Waals surface area contributed by atoms with Gasteiger partial charge in [0, 0.05) is 17.9 Å². The van der Waals surface area contributed by atoms with E-state index in [0.717, 1.165) is 4.90 Å². The Morgan fingerprint density at radius 2 is 2.29 bits per heavy atom. The summed E-state index contributed by atoms with van der Waals surface area (Å²) in [6, 6.07) is 3.52. The summed E-state index contributed by atoms with van der Waals surface area (Å²) in [5.41, 5.74) is 1.20. The number of ether oxygens (including phenoxy) is 1. The average molecular weight is 252 g/mol. The number of carbonyl (C=O) groups is 2. The quantitative estimate of drug-likeness (QED) is 0.840. The molecular weight excluding hydrogens is 240 g/mol. The lowest BCUT2D eigenvalue weighted by Crippen LogP contribution is -2.21. The zero-order valence-corrected chi connectivity index (χ0v) is 10.3. The molecule has 1 aliphatic heterocycles. The minimum Gasteiger partial charge on any atom is -0.497 e. The van der Waals surface area contributed by atoms with E-state index in [1.165, 1.54) is 18.7 Å². The summed E-state index contributed by atoms with van der Waals surface area (Å²) in [6.07, 6.45) is 0. The van der Waals surface area contributed by atoms with E-state index >= 15 is 0 Å². The number of amides is 2. The molecule has 0 unspecified atom stereocenters. The minimum absolute atomic E-state index is 0.0701. The first-order valence-electron chi connectivity index (χ1n) is 5.02. The number of fused-ring (bicyclic) bond motifs is 1. The predicted molar refractivity (Wildman–Crippen MR) is 66.7 cm³/mol. The minimum atomic E-state index is -0.190. The van der Waals surface area contributed by atoms with Gasteiger partial charge in [-0.15, -0.1) is 11.8 Å². The maximum absolute atomic E-state index is 11.3. The molecule has 17 heavy (non-hydrogen) atoms. The van der Waals surface area contributed by atoms with Gasteiger partial charge in [-0.05, 0) is 6.07 Å². The molecule has 0 saturated heterocycles. The molecule has 2 amide bonds. The Morgan fingerprint density at radius 1 is 1.53 bits per heavy atom. The molecular formula is C11H12N2O3S. The smallest absolute Gasteiger partial charge is 0.234 e. The third kappa shape index (κ3) is 2.52. The van der Waals surface area contributed by atoms with Crippen LogP contribution in [0.25, 0.3) is 0 Å². The van der Waals surface area contributed by atoms with Crippen molar-refractivity contribution in [2.45, 2.75) is 11.8 Å². The van der Waals surface area contributed by atoms with E-state index in [1.54, 1.807) is 13.2 Å². The number of benzene rings is 1. The molecule has 6 heteroatoms. The van der Waals surface area contributed by atoms with Crippen molar-refractivity contribution >= 4 is 35.0 Å². The average Bonchev–Trinajstić information content (AvgIpc) is 2.28. The van der Waals surface area contributed by atoms with Crippen molar-refractivity contribution in [1.82, 2.24) is 0 Å². The predicted octanol–water partition coefficient (Wildman–Crippen LogP) is 1.70. The van der Waals surface area contributed by atoms with Crippen LogP contribution in [-0.4, -0.2) is 24.7 Å². The molecule has 1 aromatic carbocycles. The Bertz CT molecular complexity index is 488. The molecule has 0 bridgehead atoms. The Hall–Kier alpha value is -1.69. The number of carbonyl (C=O) groups excluding carboxylic acids is 2. The standard InChI is InChI=1S/C11H12N2O3S/c1-6(14)12-8-3-7(16-2)4-9-11(8)13-10(15)5-17-9/h3-4H,5H2,1-2H3,(H,12,14)(H,13,15). The first-order valence-corrected chi connectivity index (χ1v) is 6.01. The summed E-state index contributed by atoms with van der Waals surface area (Å²) in [4.78, 5) is 23.3. The highest BCUT2D eigenvalue weighted by Gasteiger charge is 2.20. The molecule has 2 N–H and O–H groups in total. The van der Waals surface area contributed by atoms with Crippen LogP contribution < -0.4 is 15.4 Å². The lowest BCUT2D eigenvalue weighted by Gasteiger charge is -2.20. The van der Waals surface area contributed by atoms with Crippen molar-refractivity contribution in [3.05, 3.63) is 12.1 Å². The highest BCUT2D eigenvalue weighted by Crippen LogP contribution is 2.40. The largest absolute Gasteiger partial charge is 0.497 e. The van der Waals surface area contributed by atoms with Crippen LogP contribution in [0.2, 0.25) is 0 Å². The third-order valence-corrected chi connectivity index (χ3v) is 3.28. The van der Waals surface area contributed by atoms with Crippen LogP contribution in [0.5, 0.6) is 5.75 Å². The summed E-state index contributed by atoms with van der Waals surface area (Å²) in [5, 5.41) is 5.44. The second kappa shape index (κ2) is 4.67. The lowest BCUT2D eigenvalue weighted by molar-refractivity contribution is -0.115. The Labute approximate surface area is 103 Å². The summed E-state index contributed by atoms with van der Waals surface area (Å²) < 4.78 is 5.15. The summed E-state index contributed by atoms with van der Waals surface area (Å²) in [5.74, 6) is 0.764. The Kier molecular flexibility index (Phi) is 3.23. The molecule has 0 radical (unpaired) electrons. The molecule has 1 aliphatic rings. The van der Waals surface area contributed by atoms with Crippen LogP contribution in [0.1, 0.15) is 6.92 Å². The van der Waals surface area contributed by atoms with Crippen molar-refractivity contribution in [2.75, 3.05) is 23.5 Å². The monoisotopic (exact) mass is 252 g/mol. The van der Waals surface area contributed by atoms with Crippen molar-refractivity contribution in [3.8, 4) is 5.75 Å². The molecule has 1 heterocycles. The van der Waals surface area contributed by atoms with E-state index in [9.17, 15) is 9.59 Å². The van der Waals surface area contributed by atoms with Gasteiger partial charge < -0.3 is 15.4 Å². The van der Waals surface area contributed by atoms with Crippen LogP contribution in [0, 0.1) is 0 Å². The van der Waals surface area contributed by atoms with Gasteiger partial charge in [-0.25, -0.2) is 0 Å². The molecule has 2 rings (SSSR count). The summed E-state index contributed by atoms with van der Waals surface area (Å²) >= 11 is 1.42. The van der Waals surface area contributed by atoms with Gasteiger partial charge in [-0.1, -0.05) is 0 Å². The van der Waals surface area contributed by atoms with Crippen LogP contribution in [0.4, 0.5) is 11.4 Å². The maximum Gasteiger partial charge on any atom is 0.234 e. The van der Waals surface area contributed by atoms with Gasteiger partial charge in [0.1, 0.15) is 5.75 Å². The number of anilines is 2. The second-order valence-corrected chi connectivity index (χ2v) is 4.58. The van der Waals surface area contributed by atoms with E-state index in [4.69, 9.17) is 4.74 Å². The fourth-order valence-electron chi connectivity index (χ4n) is 1.56. The van der Waals surface area contributed by atoms with E-state index in [0.29, 0.717) is 22.9 Å². The molecule has 0 aromatic heterocycles. The van der Waals surface area contributed by atoms with Crippen molar-refractivity contribution in [1.29, 1.82) is 0 Å². The zero-order chi connectivity index (χ0) is 12.4. The summed E-state index contributed by atoms with van der Waals surface area (Å²) in [6.45, 7) is 1.42. The maximum atomic E-state index is 11.3. The van der Waals surface area contributed by atoms with E-state index < -0.39 is 0 Å². The SMILES string of the molecule is COc1cc(NC(C)=O)c2c(c1)SCC(=O)N2. The van der Waals surface area contributed by atoms with Crippen LogP contribution in [0.15, 0.2) is 17.0 Å². The number of nitrogens with one attached hydrogen (secondary N) is 2. The molecule has 90 valence electrons. The fraction of sp³-hybridized carbons (Fsp3) is 0.273. The van der Waals surface area contributed by atoms with Crippen molar-refractivity contribution < 1.29 is 14.3 Å². The molecule has 0 atom stereocenters. The van der Waals surface area contributed by atoms with Gasteiger partial charge in [0.05, 0.1) is 24.2 Å². The molecule has 1 aromatic rings. The molecule has 0 saturated carbocycles. The van der Waals surface area contributed by atoms with Crippen LogP contribution >= 0.6 is 11.8 Å². The summed E-state index contributed by atoms with van der Waals surface area (Å²) in [7, 11) is 1.56. The number of hydrogen-bond acceptors (Lipinski definition) is 4. The van der Waals surface area contributed by atoms with Crippen LogP contribution in [-0.2, 0) is 9.59 Å². The van der Waals surface area contributed by atoms with E-state index in [-0.39, 0.29) is 11.8 Å². The molecule has 0 spiro atoms. The van der Waals surface area contributed by atoms with Gasteiger partial charge in [-0.3, -0.25) is 9.59 Å². The molecule has 5 nitrogen and oxygen atoms in total. The lowest BCUT2D eigenvalue weighted by atomic mass is 10.2. The van der Waals surface area contributed by atoms with Gasteiger partial charge in [-0.2, -0.15) is 0 Å². The van der Waals surface area contributed by atoms with Crippen molar-refractivity contribution in [2.24, 2.45) is 0 Å². The first kappa shape index (κ1) is 11.8. The first-order chi connectivity index (χ1) is 8.10. The van der Waals surface area contributed by atoms with Crippen molar-refractivity contribution in [3.63, 3.8) is 0 Å². The third-order valence-electron chi connectivity index (χ3n) is 2.25.